The molecule has 1 aromatic carbocycles. The molecule has 0 fully saturated rings. The van der Waals surface area contributed by atoms with Crippen molar-refractivity contribution >= 4 is 5.91 Å². The minimum atomic E-state index is -4.55. The zero-order valence-electron chi connectivity index (χ0n) is 12.1. The van der Waals surface area contributed by atoms with E-state index < -0.39 is 17.8 Å². The summed E-state index contributed by atoms with van der Waals surface area (Å²) >= 11 is 0. The second-order valence-corrected chi connectivity index (χ2v) is 4.98. The summed E-state index contributed by atoms with van der Waals surface area (Å²) in [7, 11) is 0. The molecule has 124 valence electrons. The number of hydrogen-bond donors (Lipinski definition) is 2. The smallest absolute Gasteiger partial charge is 0.416 e. The van der Waals surface area contributed by atoms with E-state index in [0.29, 0.717) is 12.2 Å². The van der Waals surface area contributed by atoms with Gasteiger partial charge in [0.25, 0.3) is 0 Å². The van der Waals surface area contributed by atoms with Crippen LogP contribution in [0.3, 0.4) is 0 Å². The number of carbonyl (C=O) groups excluding carboxylic acids is 1. The van der Waals surface area contributed by atoms with Gasteiger partial charge in [-0.3, -0.25) is 4.79 Å². The molecular weight excluding hydrogens is 311 g/mol. The molecule has 0 aliphatic carbocycles. The van der Waals surface area contributed by atoms with Crippen LogP contribution in [0.4, 0.5) is 13.2 Å². The molecule has 0 saturated carbocycles. The summed E-state index contributed by atoms with van der Waals surface area (Å²) in [5.74, 6) is 0.271. The first-order valence-electron chi connectivity index (χ1n) is 7.01. The topological polar surface area (TPSA) is 62.5 Å². The second-order valence-electron chi connectivity index (χ2n) is 4.98. The van der Waals surface area contributed by atoms with Crippen molar-refractivity contribution in [2.75, 3.05) is 6.54 Å². The number of amides is 1. The second kappa shape index (κ2) is 7.32. The monoisotopic (exact) mass is 327 g/mol. The number of aliphatic hydroxyl groups excluding tert-OH is 1. The SMILES string of the molecule is O=C(CCc1ccco1)NCC(O)c1ccccc1C(F)(F)F. The lowest BCUT2D eigenvalue weighted by molar-refractivity contribution is -0.139. The number of benzene rings is 1. The van der Waals surface area contributed by atoms with E-state index in [9.17, 15) is 23.1 Å². The Morgan fingerprint density at radius 3 is 2.61 bits per heavy atom. The Morgan fingerprint density at radius 1 is 1.22 bits per heavy atom. The molecule has 2 N–H and O–H groups in total. The zero-order valence-corrected chi connectivity index (χ0v) is 12.1. The molecule has 4 nitrogen and oxygen atoms in total. The first-order valence-corrected chi connectivity index (χ1v) is 7.01. The van der Waals surface area contributed by atoms with E-state index in [1.807, 2.05) is 0 Å². The maximum Gasteiger partial charge on any atom is 0.416 e. The molecule has 7 heteroatoms. The third-order valence-corrected chi connectivity index (χ3v) is 3.30. The third kappa shape index (κ3) is 4.85. The average Bonchev–Trinajstić information content (AvgIpc) is 3.03. The van der Waals surface area contributed by atoms with Gasteiger partial charge >= 0.3 is 6.18 Å². The highest BCUT2D eigenvalue weighted by molar-refractivity contribution is 5.76. The molecule has 2 rings (SSSR count). The van der Waals surface area contributed by atoms with Crippen LogP contribution in [0.15, 0.2) is 47.1 Å². The highest BCUT2D eigenvalue weighted by atomic mass is 19.4. The summed E-state index contributed by atoms with van der Waals surface area (Å²) in [6.07, 6.45) is -3.98. The summed E-state index contributed by atoms with van der Waals surface area (Å²) in [5, 5.41) is 12.4. The van der Waals surface area contributed by atoms with Crippen LogP contribution in [-0.4, -0.2) is 17.6 Å². The van der Waals surface area contributed by atoms with Gasteiger partial charge < -0.3 is 14.8 Å². The van der Waals surface area contributed by atoms with E-state index in [0.717, 1.165) is 6.07 Å². The lowest BCUT2D eigenvalue weighted by atomic mass is 10.0. The van der Waals surface area contributed by atoms with E-state index >= 15 is 0 Å². The van der Waals surface area contributed by atoms with Gasteiger partial charge in [-0.1, -0.05) is 18.2 Å². The predicted molar refractivity (Wildman–Crippen MR) is 76.4 cm³/mol. The molecule has 0 aliphatic heterocycles. The van der Waals surface area contributed by atoms with Crippen LogP contribution in [-0.2, 0) is 17.4 Å². The molecule has 1 heterocycles. The summed E-state index contributed by atoms with van der Waals surface area (Å²) in [6, 6.07) is 8.18. The number of halogens is 3. The first kappa shape index (κ1) is 17.1. The molecule has 1 aromatic heterocycles. The molecule has 23 heavy (non-hydrogen) atoms. The van der Waals surface area contributed by atoms with Gasteiger partial charge in [-0.05, 0) is 23.8 Å². The fraction of sp³-hybridized carbons (Fsp3) is 0.312. The van der Waals surface area contributed by atoms with Crippen molar-refractivity contribution in [2.45, 2.75) is 25.1 Å². The first-order chi connectivity index (χ1) is 10.9. The molecule has 0 spiro atoms. The molecule has 2 aromatic rings. The molecule has 0 aliphatic rings. The van der Waals surface area contributed by atoms with Crippen LogP contribution in [0, 0.1) is 0 Å². The number of carbonyl (C=O) groups is 1. The maximum atomic E-state index is 12.9. The Hall–Kier alpha value is -2.28. The molecule has 1 unspecified atom stereocenters. The van der Waals surface area contributed by atoms with Gasteiger partial charge in [0.15, 0.2) is 0 Å². The van der Waals surface area contributed by atoms with E-state index in [2.05, 4.69) is 5.32 Å². The van der Waals surface area contributed by atoms with Gasteiger partial charge in [0.05, 0.1) is 17.9 Å². The highest BCUT2D eigenvalue weighted by Crippen LogP contribution is 2.34. The zero-order chi connectivity index (χ0) is 16.9. The van der Waals surface area contributed by atoms with E-state index in [1.54, 1.807) is 12.1 Å². The van der Waals surface area contributed by atoms with Crippen LogP contribution in [0.25, 0.3) is 0 Å². The molecular formula is C16H16F3NO3. The summed E-state index contributed by atoms with van der Waals surface area (Å²) in [4.78, 5) is 11.7. The number of nitrogens with one attached hydrogen (secondary N) is 1. The third-order valence-electron chi connectivity index (χ3n) is 3.30. The predicted octanol–water partition coefficient (Wildman–Crippen LogP) is 3.08. The highest BCUT2D eigenvalue weighted by Gasteiger charge is 2.34. The largest absolute Gasteiger partial charge is 0.469 e. The fourth-order valence-corrected chi connectivity index (χ4v) is 2.15. The number of alkyl halides is 3. The van der Waals surface area contributed by atoms with Gasteiger partial charge in [-0.15, -0.1) is 0 Å². The number of furan rings is 1. The lowest BCUT2D eigenvalue weighted by Crippen LogP contribution is -2.29. The normalized spacial score (nSPS) is 12.9. The van der Waals surface area contributed by atoms with Gasteiger partial charge in [0.2, 0.25) is 5.91 Å². The Morgan fingerprint density at radius 2 is 1.96 bits per heavy atom. The minimum Gasteiger partial charge on any atom is -0.469 e. The van der Waals surface area contributed by atoms with Gasteiger partial charge in [-0.2, -0.15) is 13.2 Å². The van der Waals surface area contributed by atoms with E-state index in [-0.39, 0.29) is 24.4 Å². The van der Waals surface area contributed by atoms with Crippen molar-refractivity contribution in [3.05, 3.63) is 59.5 Å². The van der Waals surface area contributed by atoms with Crippen molar-refractivity contribution < 1.29 is 27.5 Å². The summed E-state index contributed by atoms with van der Waals surface area (Å²) in [5.41, 5.74) is -1.16. The Kier molecular flexibility index (Phi) is 5.44. The molecule has 0 saturated heterocycles. The van der Waals surface area contributed by atoms with Crippen molar-refractivity contribution in [2.24, 2.45) is 0 Å². The molecule has 1 amide bonds. The molecule has 0 bridgehead atoms. The molecule has 0 radical (unpaired) electrons. The number of aliphatic hydroxyl groups is 1. The Balaban J connectivity index is 1.89. The average molecular weight is 327 g/mol. The van der Waals surface area contributed by atoms with Crippen molar-refractivity contribution in [1.82, 2.24) is 5.32 Å². The number of aryl methyl sites for hydroxylation is 1. The van der Waals surface area contributed by atoms with Gasteiger partial charge in [0.1, 0.15) is 5.76 Å². The van der Waals surface area contributed by atoms with Crippen LogP contribution in [0.5, 0.6) is 0 Å². The number of rotatable bonds is 6. The summed E-state index contributed by atoms with van der Waals surface area (Å²) < 4.78 is 43.7. The van der Waals surface area contributed by atoms with Crippen molar-refractivity contribution in [1.29, 1.82) is 0 Å². The van der Waals surface area contributed by atoms with Crippen molar-refractivity contribution in [3.8, 4) is 0 Å². The lowest BCUT2D eigenvalue weighted by Gasteiger charge is -2.17. The standard InChI is InChI=1S/C16H16F3NO3/c17-16(18,19)13-6-2-1-5-12(13)14(21)10-20-15(22)8-7-11-4-3-9-23-11/h1-6,9,14,21H,7-8,10H2,(H,20,22). The minimum absolute atomic E-state index is 0.126. The quantitative estimate of drug-likeness (QED) is 0.857. The van der Waals surface area contributed by atoms with Crippen LogP contribution in [0.2, 0.25) is 0 Å². The van der Waals surface area contributed by atoms with Crippen LogP contribution >= 0.6 is 0 Å². The number of hydrogen-bond acceptors (Lipinski definition) is 3. The Labute approximate surface area is 130 Å². The molecule has 1 atom stereocenters. The Bertz CT molecular complexity index is 638. The maximum absolute atomic E-state index is 12.9. The fourth-order valence-electron chi connectivity index (χ4n) is 2.15. The van der Waals surface area contributed by atoms with Gasteiger partial charge in [0, 0.05) is 19.4 Å². The van der Waals surface area contributed by atoms with E-state index in [1.165, 1.54) is 24.5 Å². The van der Waals surface area contributed by atoms with Crippen LogP contribution in [0.1, 0.15) is 29.4 Å². The van der Waals surface area contributed by atoms with Gasteiger partial charge in [-0.25, -0.2) is 0 Å². The van der Waals surface area contributed by atoms with Crippen molar-refractivity contribution in [3.63, 3.8) is 0 Å². The van der Waals surface area contributed by atoms with E-state index in [4.69, 9.17) is 4.42 Å². The van der Waals surface area contributed by atoms with Crippen LogP contribution < -0.4 is 5.32 Å². The summed E-state index contributed by atoms with van der Waals surface area (Å²) in [6.45, 7) is -0.288.